The molecule has 1 N–H and O–H groups in total. The average Bonchev–Trinajstić information content (AvgIpc) is 3.15. The number of hydrogen-bond acceptors (Lipinski definition) is 6. The minimum Gasteiger partial charge on any atom is -0.497 e. The summed E-state index contributed by atoms with van der Waals surface area (Å²) in [4.78, 5) is 17.2. The number of hydrogen-bond donors (Lipinski definition) is 1. The Hall–Kier alpha value is -4.07. The average molecular weight is 412 g/mol. The van der Waals surface area contributed by atoms with Crippen LogP contribution in [0, 0.1) is 6.92 Å². The number of nitrogens with one attached hydrogen (secondary N) is 1. The molecule has 1 amide bonds. The molecule has 1 aliphatic heterocycles. The summed E-state index contributed by atoms with van der Waals surface area (Å²) in [5, 5.41) is 15.9. The lowest BCUT2D eigenvalue weighted by Gasteiger charge is -2.24. The summed E-state index contributed by atoms with van der Waals surface area (Å²) in [6.07, 6.45) is 1.96. The zero-order chi connectivity index (χ0) is 21.4. The van der Waals surface area contributed by atoms with Crippen LogP contribution in [-0.2, 0) is 4.79 Å². The Bertz CT molecular complexity index is 1270. The van der Waals surface area contributed by atoms with Gasteiger partial charge in [0.25, 0.3) is 5.95 Å². The zero-order valence-corrected chi connectivity index (χ0v) is 17.1. The van der Waals surface area contributed by atoms with E-state index in [0.29, 0.717) is 23.9 Å². The molecule has 0 unspecified atom stereocenters. The molecule has 0 bridgehead atoms. The molecule has 2 aromatic carbocycles. The van der Waals surface area contributed by atoms with Crippen LogP contribution in [0.2, 0.25) is 0 Å². The molecule has 0 aliphatic carbocycles. The third kappa shape index (κ3) is 3.42. The Morgan fingerprint density at radius 3 is 2.77 bits per heavy atom. The van der Waals surface area contributed by atoms with Crippen molar-refractivity contribution in [1.29, 1.82) is 0 Å². The number of carbonyl (C=O) groups is 1. The number of rotatable bonds is 4. The molecule has 8 nitrogen and oxygen atoms in total. The van der Waals surface area contributed by atoms with Crippen molar-refractivity contribution in [2.75, 3.05) is 12.4 Å². The Labute approximate surface area is 178 Å². The maximum Gasteiger partial charge on any atom is 0.272 e. The van der Waals surface area contributed by atoms with Crippen LogP contribution in [0.1, 0.15) is 29.2 Å². The fourth-order valence-electron chi connectivity index (χ4n) is 3.97. The van der Waals surface area contributed by atoms with Crippen LogP contribution < -0.4 is 10.1 Å². The molecule has 0 radical (unpaired) electrons. The summed E-state index contributed by atoms with van der Waals surface area (Å²) in [6.45, 7) is 1.93. The van der Waals surface area contributed by atoms with Gasteiger partial charge in [0.15, 0.2) is 0 Å². The van der Waals surface area contributed by atoms with Gasteiger partial charge in [0.1, 0.15) is 11.6 Å². The molecular weight excluding hydrogens is 392 g/mol. The number of methoxy groups -OCH3 is 1. The number of benzene rings is 2. The summed E-state index contributed by atoms with van der Waals surface area (Å²) in [5.41, 5.74) is 4.35. The molecule has 4 aromatic rings. The third-order valence-electron chi connectivity index (χ3n) is 5.41. The number of carbonyl (C=O) groups excluding carboxylic acids is 1. The quantitative estimate of drug-likeness (QED) is 0.551. The first-order chi connectivity index (χ1) is 15.1. The number of ether oxygens (including phenoxy) is 1. The van der Waals surface area contributed by atoms with Crippen LogP contribution in [0.25, 0.3) is 17.2 Å². The molecule has 1 atom stereocenters. The van der Waals surface area contributed by atoms with Crippen LogP contribution in [0.5, 0.6) is 5.75 Å². The number of fused-ring (bicyclic) bond motifs is 1. The smallest absolute Gasteiger partial charge is 0.272 e. The molecule has 0 saturated carbocycles. The molecule has 0 saturated heterocycles. The molecule has 2 aromatic heterocycles. The number of aromatic nitrogens is 5. The first-order valence-corrected chi connectivity index (χ1v) is 9.93. The van der Waals surface area contributed by atoms with Crippen molar-refractivity contribution >= 4 is 11.7 Å². The molecule has 31 heavy (non-hydrogen) atoms. The van der Waals surface area contributed by atoms with Crippen LogP contribution in [0.4, 0.5) is 5.82 Å². The highest BCUT2D eigenvalue weighted by molar-refractivity contribution is 5.95. The van der Waals surface area contributed by atoms with Gasteiger partial charge in [-0.05, 0) is 24.6 Å². The third-order valence-corrected chi connectivity index (χ3v) is 5.41. The minimum absolute atomic E-state index is 0.0700. The first-order valence-electron chi connectivity index (χ1n) is 9.93. The largest absolute Gasteiger partial charge is 0.497 e. The fourth-order valence-corrected chi connectivity index (χ4v) is 3.97. The molecule has 0 fully saturated rings. The highest BCUT2D eigenvalue weighted by atomic mass is 16.5. The van der Waals surface area contributed by atoms with Gasteiger partial charge in [0.2, 0.25) is 5.91 Å². The SMILES string of the molecule is COc1cccc(-c2cnnc(-n3nc(C)c4c3NC(=O)C[C@@H]4c3ccccc3)n2)c1. The summed E-state index contributed by atoms with van der Waals surface area (Å²) >= 11 is 0. The second kappa shape index (κ2) is 7.64. The van der Waals surface area contributed by atoms with Crippen molar-refractivity contribution in [2.24, 2.45) is 0 Å². The van der Waals surface area contributed by atoms with E-state index in [0.717, 1.165) is 28.1 Å². The summed E-state index contributed by atoms with van der Waals surface area (Å²) in [5.74, 6) is 1.46. The van der Waals surface area contributed by atoms with E-state index in [1.165, 1.54) is 0 Å². The van der Waals surface area contributed by atoms with Gasteiger partial charge < -0.3 is 10.1 Å². The van der Waals surface area contributed by atoms with Crippen molar-refractivity contribution in [2.45, 2.75) is 19.3 Å². The predicted octanol–water partition coefficient (Wildman–Crippen LogP) is 3.52. The summed E-state index contributed by atoms with van der Waals surface area (Å²) in [7, 11) is 1.62. The van der Waals surface area contributed by atoms with Gasteiger partial charge in [-0.15, -0.1) is 5.10 Å². The summed E-state index contributed by atoms with van der Waals surface area (Å²) in [6, 6.07) is 17.5. The summed E-state index contributed by atoms with van der Waals surface area (Å²) < 4.78 is 6.87. The van der Waals surface area contributed by atoms with E-state index >= 15 is 0 Å². The molecule has 3 heterocycles. The first kappa shape index (κ1) is 18.9. The van der Waals surface area contributed by atoms with E-state index in [1.807, 2.05) is 61.5 Å². The van der Waals surface area contributed by atoms with E-state index < -0.39 is 0 Å². The van der Waals surface area contributed by atoms with Crippen molar-refractivity contribution in [3.05, 3.63) is 77.6 Å². The van der Waals surface area contributed by atoms with Crippen molar-refractivity contribution in [1.82, 2.24) is 25.0 Å². The Morgan fingerprint density at radius 1 is 1.13 bits per heavy atom. The van der Waals surface area contributed by atoms with Gasteiger partial charge >= 0.3 is 0 Å². The maximum atomic E-state index is 12.5. The van der Waals surface area contributed by atoms with Gasteiger partial charge in [-0.25, -0.2) is 4.98 Å². The van der Waals surface area contributed by atoms with Crippen LogP contribution >= 0.6 is 0 Å². The van der Waals surface area contributed by atoms with E-state index in [-0.39, 0.29) is 11.8 Å². The molecule has 5 rings (SSSR count). The predicted molar refractivity (Wildman–Crippen MR) is 115 cm³/mol. The van der Waals surface area contributed by atoms with E-state index in [1.54, 1.807) is 18.0 Å². The lowest BCUT2D eigenvalue weighted by Crippen LogP contribution is -2.25. The Morgan fingerprint density at radius 2 is 1.97 bits per heavy atom. The van der Waals surface area contributed by atoms with Crippen molar-refractivity contribution in [3.63, 3.8) is 0 Å². The van der Waals surface area contributed by atoms with E-state index in [9.17, 15) is 4.79 Å². The van der Waals surface area contributed by atoms with Gasteiger partial charge in [-0.2, -0.15) is 14.9 Å². The fraction of sp³-hybridized carbons (Fsp3) is 0.174. The van der Waals surface area contributed by atoms with Gasteiger partial charge in [-0.3, -0.25) is 4.79 Å². The Kier molecular flexibility index (Phi) is 4.66. The number of aryl methyl sites for hydroxylation is 1. The zero-order valence-electron chi connectivity index (χ0n) is 17.1. The highest BCUT2D eigenvalue weighted by Crippen LogP contribution is 2.39. The van der Waals surface area contributed by atoms with Crippen molar-refractivity contribution < 1.29 is 9.53 Å². The lowest BCUT2D eigenvalue weighted by atomic mass is 9.86. The molecular formula is C23H20N6O2. The van der Waals surface area contributed by atoms with Gasteiger partial charge in [0.05, 0.1) is 24.7 Å². The second-order valence-electron chi connectivity index (χ2n) is 7.35. The normalized spacial score (nSPS) is 15.3. The minimum atomic E-state index is -0.0757. The molecule has 1 aliphatic rings. The van der Waals surface area contributed by atoms with Gasteiger partial charge in [0, 0.05) is 23.5 Å². The topological polar surface area (TPSA) is 94.8 Å². The molecule has 0 spiro atoms. The lowest BCUT2D eigenvalue weighted by molar-refractivity contribution is -0.116. The van der Waals surface area contributed by atoms with Crippen LogP contribution in [-0.4, -0.2) is 38.0 Å². The van der Waals surface area contributed by atoms with Crippen LogP contribution in [0.15, 0.2) is 60.8 Å². The second-order valence-corrected chi connectivity index (χ2v) is 7.35. The number of anilines is 1. The molecule has 154 valence electrons. The molecule has 8 heteroatoms. The van der Waals surface area contributed by atoms with Gasteiger partial charge in [-0.1, -0.05) is 42.5 Å². The monoisotopic (exact) mass is 412 g/mol. The van der Waals surface area contributed by atoms with E-state index in [4.69, 9.17) is 4.74 Å². The van der Waals surface area contributed by atoms with Crippen molar-refractivity contribution in [3.8, 4) is 23.0 Å². The number of nitrogens with zero attached hydrogens (tertiary/aromatic N) is 5. The maximum absolute atomic E-state index is 12.5. The Balaban J connectivity index is 1.61. The number of amides is 1. The van der Waals surface area contributed by atoms with E-state index in [2.05, 4.69) is 25.6 Å². The highest BCUT2D eigenvalue weighted by Gasteiger charge is 2.33. The van der Waals surface area contributed by atoms with Crippen LogP contribution in [0.3, 0.4) is 0 Å². The standard InChI is InChI=1S/C23H20N6O2/c1-14-21-18(15-7-4-3-5-8-15)12-20(30)26-22(21)29(28-14)23-25-19(13-24-27-23)16-9-6-10-17(11-16)31-2/h3-11,13,18H,12H2,1-2H3,(H,26,30)/t18-/m1/s1.